The Hall–Kier alpha value is -2.55. The highest BCUT2D eigenvalue weighted by atomic mass is 16.5. The van der Waals surface area contributed by atoms with Gasteiger partial charge in [-0.1, -0.05) is 39.0 Å². The van der Waals surface area contributed by atoms with Gasteiger partial charge in [-0.15, -0.1) is 6.58 Å². The Bertz CT molecular complexity index is 767. The van der Waals surface area contributed by atoms with E-state index in [2.05, 4.69) is 27.4 Å². The topological polar surface area (TPSA) is 35.5 Å². The summed E-state index contributed by atoms with van der Waals surface area (Å²) in [5.74, 6) is 1.50. The molecule has 0 heterocycles. The SMILES string of the molecule is C=CCC(C(=O)c1ccc(OC)cc1-c1ccc(OC)cc1)C(C)(C)C. The van der Waals surface area contributed by atoms with Crippen molar-refractivity contribution in [2.24, 2.45) is 11.3 Å². The Labute approximate surface area is 156 Å². The van der Waals surface area contributed by atoms with Crippen LogP contribution in [0.25, 0.3) is 11.1 Å². The van der Waals surface area contributed by atoms with Crippen molar-refractivity contribution in [2.75, 3.05) is 14.2 Å². The maximum absolute atomic E-state index is 13.4. The fraction of sp³-hybridized carbons (Fsp3) is 0.348. The van der Waals surface area contributed by atoms with E-state index in [4.69, 9.17) is 9.47 Å². The average Bonchev–Trinajstić information content (AvgIpc) is 2.64. The summed E-state index contributed by atoms with van der Waals surface area (Å²) >= 11 is 0. The van der Waals surface area contributed by atoms with Gasteiger partial charge in [-0.25, -0.2) is 0 Å². The van der Waals surface area contributed by atoms with Crippen LogP contribution >= 0.6 is 0 Å². The number of Topliss-reactive ketones (excluding diaryl/α,β-unsaturated/α-hetero) is 1. The predicted octanol–water partition coefficient (Wildman–Crippen LogP) is 5.79. The first-order valence-corrected chi connectivity index (χ1v) is 8.79. The summed E-state index contributed by atoms with van der Waals surface area (Å²) in [6.07, 6.45) is 2.47. The van der Waals surface area contributed by atoms with Gasteiger partial charge in [0.05, 0.1) is 14.2 Å². The van der Waals surface area contributed by atoms with Gasteiger partial charge >= 0.3 is 0 Å². The zero-order valence-corrected chi connectivity index (χ0v) is 16.3. The minimum atomic E-state index is -0.150. The molecule has 0 saturated heterocycles. The lowest BCUT2D eigenvalue weighted by atomic mass is 9.73. The molecule has 1 atom stereocenters. The van der Waals surface area contributed by atoms with E-state index in [1.807, 2.05) is 48.5 Å². The van der Waals surface area contributed by atoms with Crippen LogP contribution in [0.5, 0.6) is 11.5 Å². The van der Waals surface area contributed by atoms with Crippen LogP contribution in [-0.2, 0) is 0 Å². The van der Waals surface area contributed by atoms with Crippen LogP contribution in [0.3, 0.4) is 0 Å². The van der Waals surface area contributed by atoms with Crippen LogP contribution in [0.1, 0.15) is 37.6 Å². The highest BCUT2D eigenvalue weighted by Crippen LogP contribution is 2.36. The summed E-state index contributed by atoms with van der Waals surface area (Å²) in [7, 11) is 3.27. The number of hydrogen-bond donors (Lipinski definition) is 0. The molecule has 3 heteroatoms. The van der Waals surface area contributed by atoms with Crippen molar-refractivity contribution in [1.29, 1.82) is 0 Å². The number of rotatable bonds is 7. The fourth-order valence-corrected chi connectivity index (χ4v) is 3.08. The summed E-state index contributed by atoms with van der Waals surface area (Å²) in [6, 6.07) is 13.3. The Morgan fingerprint density at radius 1 is 1.04 bits per heavy atom. The lowest BCUT2D eigenvalue weighted by molar-refractivity contribution is 0.0821. The second-order valence-electron chi connectivity index (χ2n) is 7.45. The largest absolute Gasteiger partial charge is 0.497 e. The number of hydrogen-bond acceptors (Lipinski definition) is 3. The second kappa shape index (κ2) is 8.22. The van der Waals surface area contributed by atoms with Gasteiger partial charge in [0, 0.05) is 11.5 Å². The predicted molar refractivity (Wildman–Crippen MR) is 107 cm³/mol. The summed E-state index contributed by atoms with van der Waals surface area (Å²) < 4.78 is 10.6. The lowest BCUT2D eigenvalue weighted by Crippen LogP contribution is -2.28. The van der Waals surface area contributed by atoms with E-state index >= 15 is 0 Å². The van der Waals surface area contributed by atoms with Crippen LogP contribution < -0.4 is 9.47 Å². The van der Waals surface area contributed by atoms with Gasteiger partial charge in [-0.05, 0) is 53.3 Å². The zero-order chi connectivity index (χ0) is 19.3. The molecule has 0 fully saturated rings. The van der Waals surface area contributed by atoms with E-state index in [0.29, 0.717) is 12.0 Å². The van der Waals surface area contributed by atoms with E-state index in [0.717, 1.165) is 22.6 Å². The Morgan fingerprint density at radius 2 is 1.62 bits per heavy atom. The minimum Gasteiger partial charge on any atom is -0.497 e. The highest BCUT2D eigenvalue weighted by molar-refractivity contribution is 6.04. The molecule has 0 saturated carbocycles. The molecule has 0 amide bonds. The van der Waals surface area contributed by atoms with Crippen molar-refractivity contribution in [3.05, 3.63) is 60.7 Å². The van der Waals surface area contributed by atoms with Crippen LogP contribution in [0.2, 0.25) is 0 Å². The number of carbonyl (C=O) groups is 1. The van der Waals surface area contributed by atoms with Crippen LogP contribution in [0.4, 0.5) is 0 Å². The van der Waals surface area contributed by atoms with Crippen molar-refractivity contribution in [3.63, 3.8) is 0 Å². The number of benzene rings is 2. The van der Waals surface area contributed by atoms with Crippen LogP contribution in [0.15, 0.2) is 55.1 Å². The summed E-state index contributed by atoms with van der Waals surface area (Å²) in [6.45, 7) is 10.1. The van der Waals surface area contributed by atoms with E-state index in [-0.39, 0.29) is 17.1 Å². The first-order valence-electron chi connectivity index (χ1n) is 8.79. The monoisotopic (exact) mass is 352 g/mol. The van der Waals surface area contributed by atoms with E-state index in [1.54, 1.807) is 14.2 Å². The number of allylic oxidation sites excluding steroid dienone is 1. The Kier molecular flexibility index (Phi) is 6.25. The molecule has 0 aliphatic carbocycles. The molecule has 2 rings (SSSR count). The normalized spacial score (nSPS) is 12.3. The molecular weight excluding hydrogens is 324 g/mol. The summed E-state index contributed by atoms with van der Waals surface area (Å²) in [5.41, 5.74) is 2.38. The summed E-state index contributed by atoms with van der Waals surface area (Å²) in [4.78, 5) is 13.4. The maximum atomic E-state index is 13.4. The standard InChI is InChI=1S/C23H28O3/c1-7-8-21(23(2,3)4)22(24)19-14-13-18(26-6)15-20(19)16-9-11-17(25-5)12-10-16/h7,9-15,21H,1,8H2,2-6H3. The van der Waals surface area contributed by atoms with Gasteiger partial charge < -0.3 is 9.47 Å². The third-order valence-corrected chi connectivity index (χ3v) is 4.66. The molecule has 3 nitrogen and oxygen atoms in total. The minimum absolute atomic E-state index is 0.130. The van der Waals surface area contributed by atoms with E-state index < -0.39 is 0 Å². The number of carbonyl (C=O) groups excluding carboxylic acids is 1. The number of methoxy groups -OCH3 is 2. The smallest absolute Gasteiger partial charge is 0.167 e. The first-order chi connectivity index (χ1) is 12.3. The third-order valence-electron chi connectivity index (χ3n) is 4.66. The molecule has 0 bridgehead atoms. The average molecular weight is 352 g/mol. The van der Waals surface area contributed by atoms with Gasteiger partial charge in [0.25, 0.3) is 0 Å². The highest BCUT2D eigenvalue weighted by Gasteiger charge is 2.32. The molecule has 0 aliphatic rings. The van der Waals surface area contributed by atoms with Gasteiger partial charge in [0.1, 0.15) is 11.5 Å². The van der Waals surface area contributed by atoms with E-state index in [1.165, 1.54) is 0 Å². The molecule has 1 unspecified atom stereocenters. The lowest BCUT2D eigenvalue weighted by Gasteiger charge is -2.29. The molecule has 0 aromatic heterocycles. The first kappa shape index (κ1) is 19.8. The fourth-order valence-electron chi connectivity index (χ4n) is 3.08. The van der Waals surface area contributed by atoms with Crippen LogP contribution in [-0.4, -0.2) is 20.0 Å². The number of ether oxygens (including phenoxy) is 2. The van der Waals surface area contributed by atoms with Crippen molar-refractivity contribution in [1.82, 2.24) is 0 Å². The quantitative estimate of drug-likeness (QED) is 0.467. The molecule has 2 aromatic carbocycles. The van der Waals surface area contributed by atoms with Gasteiger partial charge in [0.15, 0.2) is 5.78 Å². The molecule has 138 valence electrons. The maximum Gasteiger partial charge on any atom is 0.167 e. The molecule has 0 spiro atoms. The number of ketones is 1. The van der Waals surface area contributed by atoms with Gasteiger partial charge in [-0.2, -0.15) is 0 Å². The molecule has 26 heavy (non-hydrogen) atoms. The van der Waals surface area contributed by atoms with Crippen molar-refractivity contribution in [2.45, 2.75) is 27.2 Å². The molecule has 0 aliphatic heterocycles. The van der Waals surface area contributed by atoms with Gasteiger partial charge in [0.2, 0.25) is 0 Å². The van der Waals surface area contributed by atoms with Crippen LogP contribution in [0, 0.1) is 11.3 Å². The molecule has 2 aromatic rings. The van der Waals surface area contributed by atoms with Crippen molar-refractivity contribution in [3.8, 4) is 22.6 Å². The molecule has 0 N–H and O–H groups in total. The van der Waals surface area contributed by atoms with Crippen molar-refractivity contribution < 1.29 is 14.3 Å². The summed E-state index contributed by atoms with van der Waals surface area (Å²) in [5, 5.41) is 0. The second-order valence-corrected chi connectivity index (χ2v) is 7.45. The van der Waals surface area contributed by atoms with E-state index in [9.17, 15) is 4.79 Å². The zero-order valence-electron chi connectivity index (χ0n) is 16.3. The third kappa shape index (κ3) is 4.34. The van der Waals surface area contributed by atoms with Gasteiger partial charge in [-0.3, -0.25) is 4.79 Å². The van der Waals surface area contributed by atoms with Crippen molar-refractivity contribution >= 4 is 5.78 Å². The Morgan fingerprint density at radius 3 is 2.12 bits per heavy atom. The molecular formula is C23H28O3. The Balaban J connectivity index is 2.56. The molecule has 0 radical (unpaired) electrons.